The lowest BCUT2D eigenvalue weighted by molar-refractivity contribution is -0.0565. The molecule has 88 valence electrons. The smallest absolute Gasteiger partial charge is 0.112 e. The molecule has 0 rings (SSSR count). The minimum Gasteiger partial charge on any atom is -0.400 e. The van der Waals surface area contributed by atoms with E-state index in [1.54, 1.807) is 23.0 Å². The van der Waals surface area contributed by atoms with Gasteiger partial charge in [0.05, 0.1) is 6.61 Å². The molecule has 0 heterocycles. The summed E-state index contributed by atoms with van der Waals surface area (Å²) in [7, 11) is 6.92. The molecule has 1 N–H and O–H groups in total. The summed E-state index contributed by atoms with van der Waals surface area (Å²) >= 11 is 3.63. The van der Waals surface area contributed by atoms with E-state index in [1.165, 1.54) is 7.11 Å². The Hall–Kier alpha value is 1.36. The first kappa shape index (κ1) is 16.4. The predicted octanol–water partition coefficient (Wildman–Crippen LogP) is 1.62. The maximum Gasteiger partial charge on any atom is 0.112 e. The molecule has 0 aromatic heterocycles. The summed E-state index contributed by atoms with van der Waals surface area (Å²) in [6, 6.07) is -1.06. The normalized spacial score (nSPS) is 19.5. The van der Waals surface area contributed by atoms with E-state index in [0.29, 0.717) is 6.61 Å². The van der Waals surface area contributed by atoms with Gasteiger partial charge in [0.25, 0.3) is 0 Å². The number of methoxy groups -OCH3 is 1. The molecule has 15 heavy (non-hydrogen) atoms. The minimum absolute atomic E-state index is 0.141. The Labute approximate surface area is 120 Å². The zero-order valence-corrected chi connectivity index (χ0v) is 13.0. The lowest BCUT2D eigenvalue weighted by atomic mass is 9.85. The number of halogens is 2. The Morgan fingerprint density at radius 2 is 1.93 bits per heavy atom. The monoisotopic (exact) mass is 440 g/mol. The maximum atomic E-state index is 9.35. The zero-order valence-electron chi connectivity index (χ0n) is 8.73. The van der Waals surface area contributed by atoms with E-state index >= 15 is 0 Å². The van der Waals surface area contributed by atoms with Crippen LogP contribution < -0.4 is 0 Å². The topological polar surface area (TPSA) is 47.9 Å². The van der Waals surface area contributed by atoms with Crippen LogP contribution in [0.25, 0.3) is 0 Å². The van der Waals surface area contributed by atoms with Crippen LogP contribution in [0.2, 0.25) is 0 Å². The summed E-state index contributed by atoms with van der Waals surface area (Å²) in [4.78, 5) is 0. The van der Waals surface area contributed by atoms with Crippen molar-refractivity contribution in [1.82, 2.24) is 0 Å². The molecule has 4 atom stereocenters. The first-order valence-electron chi connectivity index (χ1n) is 4.59. The average molecular weight is 440 g/mol. The third-order valence-corrected chi connectivity index (χ3v) is 3.25. The Bertz CT molecular complexity index is 162. The summed E-state index contributed by atoms with van der Waals surface area (Å²) in [5, 5.41) is 9.35. The van der Waals surface area contributed by atoms with Crippen molar-refractivity contribution in [2.24, 2.45) is 5.92 Å². The van der Waals surface area contributed by atoms with Crippen molar-refractivity contribution in [3.63, 3.8) is 0 Å². The van der Waals surface area contributed by atoms with Crippen molar-refractivity contribution in [1.29, 1.82) is 0 Å². The van der Waals surface area contributed by atoms with Crippen molar-refractivity contribution in [3.05, 3.63) is 0 Å². The van der Waals surface area contributed by atoms with Crippen LogP contribution in [0.5, 0.6) is 0 Å². The summed E-state index contributed by atoms with van der Waals surface area (Å²) in [6.07, 6.45) is 0.0391. The first-order chi connectivity index (χ1) is 7.12. The molecule has 0 aliphatic rings. The highest BCUT2D eigenvalue weighted by molar-refractivity contribution is 14.1. The molecule has 4 nitrogen and oxygen atoms in total. The molecular formula is C8H15BI2O4. The first-order valence-corrected chi connectivity index (χ1v) is 6.35. The highest BCUT2D eigenvalue weighted by Gasteiger charge is 2.32. The van der Waals surface area contributed by atoms with Gasteiger partial charge >= 0.3 is 0 Å². The molecule has 0 amide bonds. The van der Waals surface area contributed by atoms with Gasteiger partial charge in [0.1, 0.15) is 66.1 Å². The summed E-state index contributed by atoms with van der Waals surface area (Å²) in [5.41, 5.74) is 0. The lowest BCUT2D eigenvalue weighted by Crippen LogP contribution is -2.44. The molecule has 0 unspecified atom stereocenters. The molecule has 2 radical (unpaired) electrons. The summed E-state index contributed by atoms with van der Waals surface area (Å²) in [5.74, 6) is 0.141. The molecule has 0 saturated heterocycles. The number of rotatable bonds is 8. The van der Waals surface area contributed by atoms with Crippen molar-refractivity contribution < 1.29 is 16.0 Å². The van der Waals surface area contributed by atoms with Crippen LogP contribution in [0.3, 0.4) is 0 Å². The molecular weight excluding hydrogens is 425 g/mol. The number of hydrogen-bond donors (Lipinski definition) is 1. The van der Waals surface area contributed by atoms with Crippen LogP contribution in [0.1, 0.15) is 13.3 Å². The van der Waals surface area contributed by atoms with Crippen molar-refractivity contribution in [2.45, 2.75) is 31.6 Å². The van der Waals surface area contributed by atoms with Gasteiger partial charge in [-0.25, -0.2) is 0 Å². The highest BCUT2D eigenvalue weighted by atomic mass is 127. The van der Waals surface area contributed by atoms with Crippen LogP contribution in [0.15, 0.2) is 0 Å². The highest BCUT2D eigenvalue weighted by Crippen LogP contribution is 2.22. The van der Waals surface area contributed by atoms with E-state index in [1.807, 2.05) is 29.9 Å². The molecule has 0 aliphatic heterocycles. The number of hydrogen-bond acceptors (Lipinski definition) is 4. The standard InChI is InChI=1S/C8H15BI2O4/c1-3-5(4-14-10)6(15-11)7(13-2)8(9)12/h5-8,12H,3-4H2,1-2H3/t5-,6+,7+,8+/m0/s1. The summed E-state index contributed by atoms with van der Waals surface area (Å²) in [6.45, 7) is 2.57. The van der Waals surface area contributed by atoms with Gasteiger partial charge < -0.3 is 16.0 Å². The average Bonchev–Trinajstić information content (AvgIpc) is 2.22. The lowest BCUT2D eigenvalue weighted by Gasteiger charge is -2.31. The van der Waals surface area contributed by atoms with E-state index in [0.717, 1.165) is 6.42 Å². The Balaban J connectivity index is 4.52. The van der Waals surface area contributed by atoms with E-state index in [-0.39, 0.29) is 12.0 Å². The fourth-order valence-electron chi connectivity index (χ4n) is 1.39. The Kier molecular flexibility index (Phi) is 10.3. The van der Waals surface area contributed by atoms with Gasteiger partial charge in [0.2, 0.25) is 0 Å². The van der Waals surface area contributed by atoms with Crippen LogP contribution in [0, 0.1) is 5.92 Å². The Morgan fingerprint density at radius 1 is 1.33 bits per heavy atom. The van der Waals surface area contributed by atoms with Gasteiger partial charge in [0, 0.05) is 19.0 Å². The molecule has 0 aliphatic carbocycles. The number of aliphatic hydroxyl groups is 1. The van der Waals surface area contributed by atoms with E-state index in [4.69, 9.17) is 18.7 Å². The molecule has 0 saturated carbocycles. The number of ether oxygens (including phenoxy) is 1. The zero-order chi connectivity index (χ0) is 11.8. The molecule has 0 fully saturated rings. The number of aliphatic hydroxyl groups excluding tert-OH is 1. The van der Waals surface area contributed by atoms with Gasteiger partial charge in [-0.3, -0.25) is 0 Å². The second kappa shape index (κ2) is 9.40. The van der Waals surface area contributed by atoms with Gasteiger partial charge in [-0.05, 0) is 6.42 Å². The van der Waals surface area contributed by atoms with E-state index in [2.05, 4.69) is 0 Å². The van der Waals surface area contributed by atoms with Crippen molar-refractivity contribution in [3.8, 4) is 0 Å². The van der Waals surface area contributed by atoms with Gasteiger partial charge in [-0.1, -0.05) is 6.92 Å². The molecule has 7 heteroatoms. The fraction of sp³-hybridized carbons (Fsp3) is 1.00. The van der Waals surface area contributed by atoms with E-state index < -0.39 is 12.1 Å². The van der Waals surface area contributed by atoms with Crippen molar-refractivity contribution in [2.75, 3.05) is 13.7 Å². The van der Waals surface area contributed by atoms with Gasteiger partial charge in [-0.15, -0.1) is 0 Å². The third-order valence-electron chi connectivity index (χ3n) is 2.30. The largest absolute Gasteiger partial charge is 0.400 e. The van der Waals surface area contributed by atoms with Crippen LogP contribution in [-0.2, 0) is 10.9 Å². The second-order valence-electron chi connectivity index (χ2n) is 3.19. The summed E-state index contributed by atoms with van der Waals surface area (Å²) < 4.78 is 15.5. The Morgan fingerprint density at radius 3 is 2.20 bits per heavy atom. The molecule has 0 aromatic rings. The van der Waals surface area contributed by atoms with E-state index in [9.17, 15) is 5.11 Å². The van der Waals surface area contributed by atoms with Crippen molar-refractivity contribution >= 4 is 53.9 Å². The fourth-order valence-corrected chi connectivity index (χ4v) is 2.55. The maximum absolute atomic E-state index is 9.35. The molecule has 0 aromatic carbocycles. The predicted molar refractivity (Wildman–Crippen MR) is 75.2 cm³/mol. The minimum atomic E-state index is -1.06. The quantitative estimate of drug-likeness (QED) is 0.461. The molecule has 0 bridgehead atoms. The van der Waals surface area contributed by atoms with Gasteiger partial charge in [-0.2, -0.15) is 0 Å². The SMILES string of the molecule is [B][C@H](O)[C@H](OC)[C@H](OI)[C@@H](CC)COI. The second-order valence-corrected chi connectivity index (χ2v) is 4.32. The third kappa shape index (κ3) is 5.49. The van der Waals surface area contributed by atoms with Crippen LogP contribution in [0.4, 0.5) is 0 Å². The molecule has 0 spiro atoms. The van der Waals surface area contributed by atoms with Crippen LogP contribution >= 0.6 is 46.0 Å². The van der Waals surface area contributed by atoms with Gasteiger partial charge in [0.15, 0.2) is 0 Å². The van der Waals surface area contributed by atoms with Crippen LogP contribution in [-0.4, -0.2) is 44.9 Å².